The first-order valence-corrected chi connectivity index (χ1v) is 6.84. The van der Waals surface area contributed by atoms with Crippen LogP contribution < -0.4 is 4.72 Å². The highest BCUT2D eigenvalue weighted by Crippen LogP contribution is 2.19. The minimum atomic E-state index is -3.55. The maximum Gasteiger partial charge on any atom is 0.259 e. The summed E-state index contributed by atoms with van der Waals surface area (Å²) in [6.45, 7) is 4.10. The molecule has 0 atom stereocenters. The van der Waals surface area contributed by atoms with E-state index in [1.54, 1.807) is 11.6 Å². The lowest BCUT2D eigenvalue weighted by molar-refractivity contribution is 0.213. The van der Waals surface area contributed by atoms with Gasteiger partial charge in [-0.3, -0.25) is 0 Å². The fraction of sp³-hybridized carbons (Fsp3) is 0.700. The van der Waals surface area contributed by atoms with Crippen molar-refractivity contribution >= 4 is 10.0 Å². The molecule has 6 nitrogen and oxygen atoms in total. The monoisotopic (exact) mass is 261 g/mol. The van der Waals surface area contributed by atoms with Crippen LogP contribution in [0.15, 0.2) is 17.6 Å². The van der Waals surface area contributed by atoms with Crippen LogP contribution in [-0.2, 0) is 17.1 Å². The number of imidazole rings is 1. The summed E-state index contributed by atoms with van der Waals surface area (Å²) in [7, 11) is -1.84. The van der Waals surface area contributed by atoms with Crippen molar-refractivity contribution in [1.82, 2.24) is 14.3 Å². The van der Waals surface area contributed by atoms with E-state index in [1.165, 1.54) is 12.5 Å². The number of aryl methyl sites for hydroxylation is 1. The quantitative estimate of drug-likeness (QED) is 0.761. The number of hydrogen-bond acceptors (Lipinski definition) is 4. The van der Waals surface area contributed by atoms with E-state index in [4.69, 9.17) is 5.11 Å². The van der Waals surface area contributed by atoms with Crippen LogP contribution in [0.4, 0.5) is 0 Å². The second-order valence-corrected chi connectivity index (χ2v) is 6.55. The summed E-state index contributed by atoms with van der Waals surface area (Å²) in [5.41, 5.74) is -0.281. The van der Waals surface area contributed by atoms with Gasteiger partial charge in [-0.15, -0.1) is 0 Å². The lowest BCUT2D eigenvalue weighted by atomic mass is 9.90. The van der Waals surface area contributed by atoms with Gasteiger partial charge in [-0.1, -0.05) is 13.8 Å². The van der Waals surface area contributed by atoms with Crippen molar-refractivity contribution in [1.29, 1.82) is 0 Å². The molecule has 0 bridgehead atoms. The molecule has 0 aliphatic heterocycles. The molecule has 0 unspecified atom stereocenters. The molecule has 0 spiro atoms. The highest BCUT2D eigenvalue weighted by molar-refractivity contribution is 7.89. The van der Waals surface area contributed by atoms with Crippen LogP contribution in [-0.4, -0.2) is 36.2 Å². The van der Waals surface area contributed by atoms with Gasteiger partial charge in [-0.2, -0.15) is 0 Å². The molecule has 0 aliphatic carbocycles. The van der Waals surface area contributed by atoms with E-state index in [1.807, 2.05) is 13.8 Å². The van der Waals surface area contributed by atoms with Crippen LogP contribution in [0, 0.1) is 5.41 Å². The van der Waals surface area contributed by atoms with Gasteiger partial charge in [0.2, 0.25) is 0 Å². The molecular formula is C10H19N3O3S. The Labute approximate surface area is 102 Å². The van der Waals surface area contributed by atoms with Gasteiger partial charge in [0.1, 0.15) is 0 Å². The first-order valence-electron chi connectivity index (χ1n) is 5.35. The summed E-state index contributed by atoms with van der Waals surface area (Å²) in [5, 5.41) is 8.87. The molecule has 0 saturated carbocycles. The van der Waals surface area contributed by atoms with Crippen molar-refractivity contribution < 1.29 is 13.5 Å². The molecule has 1 aromatic heterocycles. The fourth-order valence-corrected chi connectivity index (χ4v) is 2.50. The van der Waals surface area contributed by atoms with Gasteiger partial charge in [0.15, 0.2) is 5.03 Å². The number of rotatable bonds is 6. The van der Waals surface area contributed by atoms with Crippen molar-refractivity contribution in [2.24, 2.45) is 12.5 Å². The Hall–Kier alpha value is -0.920. The molecule has 7 heteroatoms. The molecule has 98 valence electrons. The number of hydrogen-bond donors (Lipinski definition) is 2. The third-order valence-corrected chi connectivity index (χ3v) is 3.77. The Kier molecular flexibility index (Phi) is 4.29. The number of aliphatic hydroxyl groups excluding tert-OH is 1. The summed E-state index contributed by atoms with van der Waals surface area (Å²) in [4.78, 5) is 3.80. The number of nitrogens with zero attached hydrogens (tertiary/aromatic N) is 2. The summed E-state index contributed by atoms with van der Waals surface area (Å²) >= 11 is 0. The van der Waals surface area contributed by atoms with Gasteiger partial charge >= 0.3 is 0 Å². The molecule has 0 aliphatic rings. The maximum absolute atomic E-state index is 11.8. The zero-order chi connectivity index (χ0) is 13.1. The molecule has 17 heavy (non-hydrogen) atoms. The molecule has 0 amide bonds. The van der Waals surface area contributed by atoms with Crippen molar-refractivity contribution in [2.45, 2.75) is 25.3 Å². The van der Waals surface area contributed by atoms with E-state index in [-0.39, 0.29) is 23.6 Å². The summed E-state index contributed by atoms with van der Waals surface area (Å²) in [6.07, 6.45) is 3.42. The molecule has 1 rings (SSSR count). The third-order valence-electron chi connectivity index (χ3n) is 2.49. The van der Waals surface area contributed by atoms with Crippen LogP contribution in [0.2, 0.25) is 0 Å². The number of sulfonamides is 1. The first-order chi connectivity index (χ1) is 7.77. The van der Waals surface area contributed by atoms with Gasteiger partial charge in [-0.25, -0.2) is 18.1 Å². The average molecular weight is 261 g/mol. The van der Waals surface area contributed by atoms with Crippen molar-refractivity contribution in [3.8, 4) is 0 Å². The molecular weight excluding hydrogens is 242 g/mol. The standard InChI is InChI=1S/C10H19N3O3S/c1-10(2,4-5-14)7-12-17(15,16)9-6-13(3)8-11-9/h6,8,12,14H,4-5,7H2,1-3H3. The van der Waals surface area contributed by atoms with E-state index in [9.17, 15) is 8.42 Å². The van der Waals surface area contributed by atoms with E-state index in [0.717, 1.165) is 0 Å². The molecule has 0 saturated heterocycles. The van der Waals surface area contributed by atoms with Gasteiger partial charge in [0, 0.05) is 26.4 Å². The van der Waals surface area contributed by atoms with Crippen molar-refractivity contribution in [3.63, 3.8) is 0 Å². The Bertz CT molecular complexity index is 465. The first kappa shape index (κ1) is 14.1. The number of aromatic nitrogens is 2. The Morgan fingerprint density at radius 1 is 1.53 bits per heavy atom. The predicted molar refractivity (Wildman–Crippen MR) is 63.9 cm³/mol. The highest BCUT2D eigenvalue weighted by Gasteiger charge is 2.23. The number of nitrogens with one attached hydrogen (secondary N) is 1. The molecule has 2 N–H and O–H groups in total. The van der Waals surface area contributed by atoms with Crippen LogP contribution in [0.1, 0.15) is 20.3 Å². The normalized spacial score (nSPS) is 12.9. The van der Waals surface area contributed by atoms with Gasteiger partial charge in [0.05, 0.1) is 6.33 Å². The zero-order valence-electron chi connectivity index (χ0n) is 10.3. The summed E-state index contributed by atoms with van der Waals surface area (Å²) in [6, 6.07) is 0. The molecule has 0 fully saturated rings. The summed E-state index contributed by atoms with van der Waals surface area (Å²) < 4.78 is 27.8. The lowest BCUT2D eigenvalue weighted by Gasteiger charge is -2.23. The Morgan fingerprint density at radius 3 is 2.65 bits per heavy atom. The summed E-state index contributed by atoms with van der Waals surface area (Å²) in [5.74, 6) is 0. The predicted octanol–water partition coefficient (Wildman–Crippen LogP) is 0.107. The van der Waals surface area contributed by atoms with Gasteiger partial charge in [0.25, 0.3) is 10.0 Å². The maximum atomic E-state index is 11.8. The Balaban J connectivity index is 2.69. The highest BCUT2D eigenvalue weighted by atomic mass is 32.2. The van der Waals surface area contributed by atoms with E-state index in [2.05, 4.69) is 9.71 Å². The van der Waals surface area contributed by atoms with E-state index in [0.29, 0.717) is 6.42 Å². The average Bonchev–Trinajstić information content (AvgIpc) is 2.63. The smallest absolute Gasteiger partial charge is 0.259 e. The van der Waals surface area contributed by atoms with Crippen LogP contribution >= 0.6 is 0 Å². The van der Waals surface area contributed by atoms with Gasteiger partial charge < -0.3 is 9.67 Å². The van der Waals surface area contributed by atoms with Gasteiger partial charge in [-0.05, 0) is 11.8 Å². The minimum absolute atomic E-state index is 0.0137. The minimum Gasteiger partial charge on any atom is -0.396 e. The van der Waals surface area contributed by atoms with Crippen molar-refractivity contribution in [3.05, 3.63) is 12.5 Å². The lowest BCUT2D eigenvalue weighted by Crippen LogP contribution is -2.34. The zero-order valence-corrected chi connectivity index (χ0v) is 11.2. The number of aliphatic hydroxyl groups is 1. The SMILES string of the molecule is Cn1cnc(S(=O)(=O)NCC(C)(C)CCO)c1. The topological polar surface area (TPSA) is 84.2 Å². The van der Waals surface area contributed by atoms with Crippen molar-refractivity contribution in [2.75, 3.05) is 13.2 Å². The molecule has 1 aromatic rings. The fourth-order valence-electron chi connectivity index (χ4n) is 1.28. The van der Waals surface area contributed by atoms with E-state index >= 15 is 0 Å². The largest absolute Gasteiger partial charge is 0.396 e. The van der Waals surface area contributed by atoms with Crippen LogP contribution in [0.5, 0.6) is 0 Å². The Morgan fingerprint density at radius 2 is 2.18 bits per heavy atom. The molecule has 0 radical (unpaired) electrons. The second-order valence-electron chi connectivity index (χ2n) is 4.84. The van der Waals surface area contributed by atoms with E-state index < -0.39 is 10.0 Å². The van der Waals surface area contributed by atoms with Crippen LogP contribution in [0.25, 0.3) is 0 Å². The second kappa shape index (κ2) is 5.16. The molecule has 0 aromatic carbocycles. The molecule has 1 heterocycles. The third kappa shape index (κ3) is 4.10. The van der Waals surface area contributed by atoms with Crippen LogP contribution in [0.3, 0.4) is 0 Å².